The molecule has 0 unspecified atom stereocenters. The Hall–Kier alpha value is -3.28. The number of methoxy groups -OCH3 is 1. The van der Waals surface area contributed by atoms with E-state index in [0.717, 1.165) is 36.9 Å². The number of nitrogens with zero attached hydrogens (tertiary/aromatic N) is 4. The normalized spacial score (nSPS) is 11.3. The highest BCUT2D eigenvalue weighted by Gasteiger charge is 2.07. The number of aliphatic imine (C=N–C) groups is 1. The molecule has 2 aromatic carbocycles. The largest absolute Gasteiger partial charge is 0.497 e. The summed E-state index contributed by atoms with van der Waals surface area (Å²) in [6.45, 7) is 1.60. The molecule has 0 bridgehead atoms. The van der Waals surface area contributed by atoms with Crippen LogP contribution in [0, 0.1) is 0 Å². The Bertz CT molecular complexity index is 870. The van der Waals surface area contributed by atoms with Gasteiger partial charge in [-0.05, 0) is 47.9 Å². The van der Waals surface area contributed by atoms with Crippen molar-refractivity contribution in [3.8, 4) is 11.4 Å². The molecule has 0 saturated carbocycles. The van der Waals surface area contributed by atoms with Crippen LogP contribution in [0.3, 0.4) is 0 Å². The molecular weight excluding hydrogens is 350 g/mol. The highest BCUT2D eigenvalue weighted by Crippen LogP contribution is 2.13. The van der Waals surface area contributed by atoms with Crippen molar-refractivity contribution in [2.45, 2.75) is 13.0 Å². The maximum absolute atomic E-state index is 5.21. The average Bonchev–Trinajstić information content (AvgIpc) is 3.27. The molecule has 0 atom stereocenters. The number of rotatable bonds is 7. The van der Waals surface area contributed by atoms with Crippen molar-refractivity contribution in [3.05, 3.63) is 78.1 Å². The highest BCUT2D eigenvalue weighted by atomic mass is 16.5. The van der Waals surface area contributed by atoms with Crippen molar-refractivity contribution in [3.63, 3.8) is 0 Å². The lowest BCUT2D eigenvalue weighted by Crippen LogP contribution is -2.39. The van der Waals surface area contributed by atoms with Crippen molar-refractivity contribution in [2.24, 2.45) is 4.99 Å². The van der Waals surface area contributed by atoms with Gasteiger partial charge >= 0.3 is 0 Å². The second-order valence-electron chi connectivity index (χ2n) is 6.55. The summed E-state index contributed by atoms with van der Waals surface area (Å²) in [6, 6.07) is 18.5. The molecule has 0 aliphatic heterocycles. The number of nitrogens with one attached hydrogen (secondary N) is 1. The zero-order chi connectivity index (χ0) is 19.8. The minimum absolute atomic E-state index is 0.780. The van der Waals surface area contributed by atoms with Gasteiger partial charge in [-0.2, -0.15) is 5.10 Å². The van der Waals surface area contributed by atoms with Crippen molar-refractivity contribution >= 4 is 5.96 Å². The Kier molecular flexibility index (Phi) is 6.68. The summed E-state index contributed by atoms with van der Waals surface area (Å²) in [5, 5.41) is 7.69. The number of ether oxygens (including phenoxy) is 1. The highest BCUT2D eigenvalue weighted by molar-refractivity contribution is 5.79. The molecular formula is C22H27N5O. The third-order valence-electron chi connectivity index (χ3n) is 4.55. The first kappa shape index (κ1) is 19.5. The summed E-state index contributed by atoms with van der Waals surface area (Å²) in [4.78, 5) is 6.51. The lowest BCUT2D eigenvalue weighted by atomic mass is 10.1. The molecule has 6 heteroatoms. The molecule has 1 aromatic heterocycles. The van der Waals surface area contributed by atoms with E-state index in [0.29, 0.717) is 0 Å². The Labute approximate surface area is 166 Å². The van der Waals surface area contributed by atoms with Gasteiger partial charge in [0.15, 0.2) is 5.96 Å². The van der Waals surface area contributed by atoms with Crippen molar-refractivity contribution in [1.29, 1.82) is 0 Å². The molecule has 0 aliphatic rings. The quantitative estimate of drug-likeness (QED) is 0.508. The first-order valence-electron chi connectivity index (χ1n) is 9.33. The van der Waals surface area contributed by atoms with Gasteiger partial charge in [-0.1, -0.05) is 24.3 Å². The number of guanidine groups is 1. The van der Waals surface area contributed by atoms with Gasteiger partial charge in [0.2, 0.25) is 0 Å². The van der Waals surface area contributed by atoms with Gasteiger partial charge in [-0.25, -0.2) is 4.68 Å². The lowest BCUT2D eigenvalue weighted by Gasteiger charge is -2.22. The fourth-order valence-corrected chi connectivity index (χ4v) is 3.02. The number of hydrogen-bond donors (Lipinski definition) is 1. The van der Waals surface area contributed by atoms with Crippen LogP contribution < -0.4 is 10.1 Å². The predicted octanol–water partition coefficient (Wildman–Crippen LogP) is 3.13. The van der Waals surface area contributed by atoms with Crippen molar-refractivity contribution in [1.82, 2.24) is 20.0 Å². The topological polar surface area (TPSA) is 54.7 Å². The smallest absolute Gasteiger partial charge is 0.193 e. The van der Waals surface area contributed by atoms with E-state index in [-0.39, 0.29) is 0 Å². The molecule has 0 radical (unpaired) electrons. The zero-order valence-corrected chi connectivity index (χ0v) is 16.7. The van der Waals surface area contributed by atoms with E-state index in [1.54, 1.807) is 13.3 Å². The molecule has 0 fully saturated rings. The zero-order valence-electron chi connectivity index (χ0n) is 16.7. The summed E-state index contributed by atoms with van der Waals surface area (Å²) in [7, 11) is 5.53. The third-order valence-corrected chi connectivity index (χ3v) is 4.55. The third kappa shape index (κ3) is 5.13. The molecule has 0 amide bonds. The van der Waals surface area contributed by atoms with E-state index in [1.165, 1.54) is 11.1 Å². The molecule has 1 N–H and O–H groups in total. The fourth-order valence-electron chi connectivity index (χ4n) is 3.02. The van der Waals surface area contributed by atoms with Crippen LogP contribution in [0.5, 0.6) is 5.75 Å². The minimum atomic E-state index is 0.780. The summed E-state index contributed by atoms with van der Waals surface area (Å²) in [5.74, 6) is 1.75. The molecule has 3 rings (SSSR count). The summed E-state index contributed by atoms with van der Waals surface area (Å²) >= 11 is 0. The molecule has 1 heterocycles. The van der Waals surface area contributed by atoms with Gasteiger partial charge in [0, 0.05) is 39.6 Å². The van der Waals surface area contributed by atoms with Gasteiger partial charge < -0.3 is 15.0 Å². The first-order valence-corrected chi connectivity index (χ1v) is 9.33. The van der Waals surface area contributed by atoms with E-state index in [4.69, 9.17) is 4.74 Å². The molecule has 146 valence electrons. The SMILES string of the molecule is CN=C(NCCc1ccc(-n2cccn2)cc1)N(C)Cc1ccc(OC)cc1. The molecule has 0 aliphatic carbocycles. The van der Waals surface area contributed by atoms with Gasteiger partial charge in [-0.15, -0.1) is 0 Å². The van der Waals surface area contributed by atoms with Crippen LogP contribution in [-0.4, -0.2) is 48.4 Å². The van der Waals surface area contributed by atoms with Gasteiger partial charge in [0.25, 0.3) is 0 Å². The number of benzene rings is 2. The Morgan fingerprint density at radius 1 is 1.11 bits per heavy atom. The second-order valence-corrected chi connectivity index (χ2v) is 6.55. The predicted molar refractivity (Wildman–Crippen MR) is 113 cm³/mol. The van der Waals surface area contributed by atoms with Crippen LogP contribution in [0.25, 0.3) is 5.69 Å². The molecule has 3 aromatic rings. The maximum Gasteiger partial charge on any atom is 0.193 e. The Morgan fingerprint density at radius 3 is 2.43 bits per heavy atom. The first-order chi connectivity index (χ1) is 13.7. The van der Waals surface area contributed by atoms with Crippen molar-refractivity contribution in [2.75, 3.05) is 27.7 Å². The summed E-state index contributed by atoms with van der Waals surface area (Å²) in [5.41, 5.74) is 3.55. The summed E-state index contributed by atoms with van der Waals surface area (Å²) in [6.07, 6.45) is 4.65. The Morgan fingerprint density at radius 2 is 1.82 bits per heavy atom. The van der Waals surface area contributed by atoms with Crippen LogP contribution in [0.15, 0.2) is 72.0 Å². The van der Waals surface area contributed by atoms with E-state index in [9.17, 15) is 0 Å². The molecule has 28 heavy (non-hydrogen) atoms. The van der Waals surface area contributed by atoms with E-state index >= 15 is 0 Å². The molecule has 0 spiro atoms. The number of hydrogen-bond acceptors (Lipinski definition) is 3. The van der Waals surface area contributed by atoms with Crippen LogP contribution in [0.4, 0.5) is 0 Å². The fraction of sp³-hybridized carbons (Fsp3) is 0.273. The van der Waals surface area contributed by atoms with E-state index < -0.39 is 0 Å². The molecule has 0 saturated heterocycles. The van der Waals surface area contributed by atoms with Gasteiger partial charge in [0.1, 0.15) is 5.75 Å². The van der Waals surface area contributed by atoms with Crippen LogP contribution in [-0.2, 0) is 13.0 Å². The monoisotopic (exact) mass is 377 g/mol. The van der Waals surface area contributed by atoms with Crippen LogP contribution >= 0.6 is 0 Å². The van der Waals surface area contributed by atoms with E-state index in [1.807, 2.05) is 43.2 Å². The Balaban J connectivity index is 1.49. The van der Waals surface area contributed by atoms with Crippen molar-refractivity contribution < 1.29 is 4.74 Å². The average molecular weight is 377 g/mol. The molecule has 6 nitrogen and oxygen atoms in total. The van der Waals surface area contributed by atoms with E-state index in [2.05, 4.69) is 56.7 Å². The van der Waals surface area contributed by atoms with Gasteiger partial charge in [0.05, 0.1) is 12.8 Å². The minimum Gasteiger partial charge on any atom is -0.497 e. The lowest BCUT2D eigenvalue weighted by molar-refractivity contribution is 0.414. The standard InChI is InChI=1S/C22H27N5O/c1-23-22(26(2)17-19-7-11-21(28-3)12-8-19)24-15-13-18-5-9-20(10-6-18)27-16-4-14-25-27/h4-12,14,16H,13,15,17H2,1-3H3,(H,23,24). The van der Waals surface area contributed by atoms with Crippen LogP contribution in [0.2, 0.25) is 0 Å². The van der Waals surface area contributed by atoms with Crippen LogP contribution in [0.1, 0.15) is 11.1 Å². The maximum atomic E-state index is 5.21. The summed E-state index contributed by atoms with van der Waals surface area (Å²) < 4.78 is 7.07. The van der Waals surface area contributed by atoms with Gasteiger partial charge in [-0.3, -0.25) is 4.99 Å². The second kappa shape index (κ2) is 9.60. The number of aromatic nitrogens is 2.